The summed E-state index contributed by atoms with van der Waals surface area (Å²) in [5, 5.41) is 8.46. The molecule has 0 heterocycles. The zero-order valence-corrected chi connectivity index (χ0v) is 11.1. The Kier molecular flexibility index (Phi) is 7.39. The molecular weight excluding hydrogens is 204 g/mol. The molecule has 0 aliphatic rings. The summed E-state index contributed by atoms with van der Waals surface area (Å²) in [7, 11) is 0. The summed E-state index contributed by atoms with van der Waals surface area (Å²) in [5.74, 6) is -0.706. The fraction of sp³-hybridized carbons (Fsp3) is 0.923. The van der Waals surface area contributed by atoms with Crippen LogP contribution in [0.3, 0.4) is 0 Å². The van der Waals surface area contributed by atoms with Gasteiger partial charge in [-0.05, 0) is 11.8 Å². The summed E-state index contributed by atoms with van der Waals surface area (Å²) >= 11 is 0. The highest BCUT2D eigenvalue weighted by atomic mass is 17.1. The Balaban J connectivity index is 3.99. The molecule has 0 aromatic rings. The first kappa shape index (κ1) is 15.4. The maximum absolute atomic E-state index is 11.4. The van der Waals surface area contributed by atoms with Gasteiger partial charge in [-0.2, -0.15) is 5.26 Å². The topological polar surface area (TPSA) is 46.5 Å². The fourth-order valence-corrected chi connectivity index (χ4v) is 1.92. The summed E-state index contributed by atoms with van der Waals surface area (Å²) in [6.07, 6.45) is 6.68. The van der Waals surface area contributed by atoms with E-state index in [9.17, 15) is 4.79 Å². The predicted octanol–water partition coefficient (Wildman–Crippen LogP) is 4.03. The Bertz CT molecular complexity index is 194. The van der Waals surface area contributed by atoms with Crippen molar-refractivity contribution in [2.24, 2.45) is 11.3 Å². The van der Waals surface area contributed by atoms with Crippen molar-refractivity contribution in [3.05, 3.63) is 0 Å². The van der Waals surface area contributed by atoms with Crippen LogP contribution in [0.1, 0.15) is 66.2 Å². The van der Waals surface area contributed by atoms with Crippen molar-refractivity contribution in [2.75, 3.05) is 0 Å². The fourth-order valence-electron chi connectivity index (χ4n) is 1.92. The minimum atomic E-state index is -0.497. The number of hydrogen-bond donors (Lipinski definition) is 1. The van der Waals surface area contributed by atoms with Gasteiger partial charge in [0.25, 0.3) is 0 Å². The summed E-state index contributed by atoms with van der Waals surface area (Å²) < 4.78 is 0. The number of hydrogen-bond acceptors (Lipinski definition) is 3. The lowest BCUT2D eigenvalue weighted by Gasteiger charge is -2.27. The minimum Gasteiger partial charge on any atom is -0.301 e. The lowest BCUT2D eigenvalue weighted by Crippen LogP contribution is -2.29. The molecule has 16 heavy (non-hydrogen) atoms. The van der Waals surface area contributed by atoms with Gasteiger partial charge in [0.15, 0.2) is 0 Å². The molecule has 0 aliphatic heterocycles. The van der Waals surface area contributed by atoms with E-state index in [0.29, 0.717) is 0 Å². The van der Waals surface area contributed by atoms with Gasteiger partial charge in [0.05, 0.1) is 5.92 Å². The molecule has 1 N–H and O–H groups in total. The van der Waals surface area contributed by atoms with E-state index in [1.807, 2.05) is 20.8 Å². The van der Waals surface area contributed by atoms with Crippen LogP contribution in [0.2, 0.25) is 0 Å². The van der Waals surface area contributed by atoms with E-state index in [4.69, 9.17) is 5.26 Å². The molecule has 96 valence electrons. The second-order valence-electron chi connectivity index (χ2n) is 5.53. The first-order chi connectivity index (χ1) is 7.43. The lowest BCUT2D eigenvalue weighted by molar-refractivity contribution is -0.242. The van der Waals surface area contributed by atoms with Gasteiger partial charge >= 0.3 is 5.97 Å². The molecular formula is C13H26O3. The molecule has 1 unspecified atom stereocenters. The largest absolute Gasteiger partial charge is 0.345 e. The van der Waals surface area contributed by atoms with E-state index in [-0.39, 0.29) is 11.3 Å². The molecule has 0 aromatic heterocycles. The van der Waals surface area contributed by atoms with Crippen LogP contribution in [-0.2, 0) is 9.68 Å². The highest BCUT2D eigenvalue weighted by Crippen LogP contribution is 2.31. The van der Waals surface area contributed by atoms with Gasteiger partial charge in [-0.15, -0.1) is 0 Å². The Morgan fingerprint density at radius 2 is 1.75 bits per heavy atom. The maximum Gasteiger partial charge on any atom is 0.345 e. The third-order valence-electron chi connectivity index (χ3n) is 3.02. The average molecular weight is 230 g/mol. The monoisotopic (exact) mass is 230 g/mol. The number of carbonyl (C=O) groups excluding carboxylic acids is 1. The van der Waals surface area contributed by atoms with Crippen LogP contribution in [-0.4, -0.2) is 11.2 Å². The molecule has 3 nitrogen and oxygen atoms in total. The predicted molar refractivity (Wildman–Crippen MR) is 65.0 cm³/mol. The molecule has 0 aliphatic carbocycles. The normalized spacial score (nSPS) is 13.6. The van der Waals surface area contributed by atoms with E-state index in [0.717, 1.165) is 19.3 Å². The van der Waals surface area contributed by atoms with Gasteiger partial charge in [-0.3, -0.25) is 0 Å². The SMILES string of the molecule is CCCCCCCC(C(=O)OO)C(C)(C)C. The third-order valence-corrected chi connectivity index (χ3v) is 3.02. The smallest absolute Gasteiger partial charge is 0.301 e. The highest BCUT2D eigenvalue weighted by molar-refractivity contribution is 5.72. The van der Waals surface area contributed by atoms with E-state index >= 15 is 0 Å². The van der Waals surface area contributed by atoms with Crippen molar-refractivity contribution in [2.45, 2.75) is 66.2 Å². The van der Waals surface area contributed by atoms with Crippen molar-refractivity contribution in [1.29, 1.82) is 0 Å². The molecule has 1 atom stereocenters. The second-order valence-corrected chi connectivity index (χ2v) is 5.53. The van der Waals surface area contributed by atoms with Crippen molar-refractivity contribution in [1.82, 2.24) is 0 Å². The Morgan fingerprint density at radius 3 is 2.19 bits per heavy atom. The zero-order chi connectivity index (χ0) is 12.6. The highest BCUT2D eigenvalue weighted by Gasteiger charge is 2.32. The van der Waals surface area contributed by atoms with Crippen LogP contribution < -0.4 is 0 Å². The zero-order valence-electron chi connectivity index (χ0n) is 11.1. The molecule has 0 radical (unpaired) electrons. The van der Waals surface area contributed by atoms with Gasteiger partial charge in [0.1, 0.15) is 0 Å². The quantitative estimate of drug-likeness (QED) is 0.408. The standard InChI is InChI=1S/C13H26O3/c1-5-6-7-8-9-10-11(12(14)16-15)13(2,3)4/h11,15H,5-10H2,1-4H3. The molecule has 3 heteroatoms. The molecule has 0 amide bonds. The Morgan fingerprint density at radius 1 is 1.19 bits per heavy atom. The summed E-state index contributed by atoms with van der Waals surface area (Å²) in [6.45, 7) is 8.18. The van der Waals surface area contributed by atoms with Gasteiger partial charge in [0.2, 0.25) is 0 Å². The number of unbranched alkanes of at least 4 members (excludes halogenated alkanes) is 4. The molecule has 0 saturated carbocycles. The lowest BCUT2D eigenvalue weighted by atomic mass is 9.78. The van der Waals surface area contributed by atoms with E-state index in [1.165, 1.54) is 19.3 Å². The van der Waals surface area contributed by atoms with E-state index in [2.05, 4.69) is 11.8 Å². The van der Waals surface area contributed by atoms with Gasteiger partial charge in [-0.25, -0.2) is 4.79 Å². The summed E-state index contributed by atoms with van der Waals surface area (Å²) in [4.78, 5) is 15.3. The van der Waals surface area contributed by atoms with E-state index in [1.54, 1.807) is 0 Å². The van der Waals surface area contributed by atoms with Crippen LogP contribution in [0, 0.1) is 11.3 Å². The van der Waals surface area contributed by atoms with Crippen molar-refractivity contribution >= 4 is 5.97 Å². The first-order valence-electron chi connectivity index (χ1n) is 6.28. The third kappa shape index (κ3) is 6.11. The molecule has 0 aromatic carbocycles. The van der Waals surface area contributed by atoms with Crippen LogP contribution in [0.25, 0.3) is 0 Å². The molecule has 0 saturated heterocycles. The molecule has 0 rings (SSSR count). The Labute approximate surface area is 99.1 Å². The van der Waals surface area contributed by atoms with E-state index < -0.39 is 5.97 Å². The van der Waals surface area contributed by atoms with Gasteiger partial charge in [-0.1, -0.05) is 59.8 Å². The molecule has 0 fully saturated rings. The first-order valence-corrected chi connectivity index (χ1v) is 6.28. The summed E-state index contributed by atoms with van der Waals surface area (Å²) in [5.41, 5.74) is -0.148. The molecule has 0 bridgehead atoms. The molecule has 0 spiro atoms. The summed E-state index contributed by atoms with van der Waals surface area (Å²) in [6, 6.07) is 0. The van der Waals surface area contributed by atoms with Crippen molar-refractivity contribution in [3.63, 3.8) is 0 Å². The number of carbonyl (C=O) groups is 1. The average Bonchev–Trinajstić information content (AvgIpc) is 2.20. The van der Waals surface area contributed by atoms with Crippen LogP contribution in [0.4, 0.5) is 0 Å². The van der Waals surface area contributed by atoms with Crippen LogP contribution >= 0.6 is 0 Å². The van der Waals surface area contributed by atoms with Crippen LogP contribution in [0.5, 0.6) is 0 Å². The van der Waals surface area contributed by atoms with Crippen molar-refractivity contribution < 1.29 is 14.9 Å². The minimum absolute atomic E-state index is 0.148. The Hall–Kier alpha value is -0.570. The van der Waals surface area contributed by atoms with Crippen LogP contribution in [0.15, 0.2) is 0 Å². The van der Waals surface area contributed by atoms with Gasteiger partial charge < -0.3 is 4.89 Å². The number of rotatable bonds is 7. The van der Waals surface area contributed by atoms with Gasteiger partial charge in [0, 0.05) is 0 Å². The van der Waals surface area contributed by atoms with Crippen molar-refractivity contribution in [3.8, 4) is 0 Å². The second kappa shape index (κ2) is 7.66. The maximum atomic E-state index is 11.4.